The third kappa shape index (κ3) is 11.3. The van der Waals surface area contributed by atoms with E-state index in [1.54, 1.807) is 6.92 Å². The fourth-order valence-electron chi connectivity index (χ4n) is 5.01. The summed E-state index contributed by atoms with van der Waals surface area (Å²) in [5.74, 6) is -0.452. The first-order valence-electron chi connectivity index (χ1n) is 16.3. The summed E-state index contributed by atoms with van der Waals surface area (Å²) in [7, 11) is 0. The summed E-state index contributed by atoms with van der Waals surface area (Å²) in [6.45, 7) is 6.72. The smallest absolute Gasteiger partial charge is 0.349 e. The SMILES string of the molecule is CC(C)CCCCCOC(=O)C(C#N)=C(c1ccccc1)c1ccccc1.CCOC(=O)C(C#N)=C(c1ccccc1)c1ccccc1. The molecular formula is C42H42N2O4. The molecule has 6 heteroatoms. The summed E-state index contributed by atoms with van der Waals surface area (Å²) in [6, 6.07) is 41.8. The van der Waals surface area contributed by atoms with Gasteiger partial charge in [0.25, 0.3) is 0 Å². The van der Waals surface area contributed by atoms with Gasteiger partial charge in [-0.05, 0) is 41.5 Å². The lowest BCUT2D eigenvalue weighted by Crippen LogP contribution is -2.11. The summed E-state index contributed by atoms with van der Waals surface area (Å²) in [6.07, 6.45) is 4.17. The van der Waals surface area contributed by atoms with E-state index in [4.69, 9.17) is 9.47 Å². The number of ether oxygens (including phenoxy) is 2. The lowest BCUT2D eigenvalue weighted by Gasteiger charge is -2.12. The first-order chi connectivity index (χ1) is 23.4. The second kappa shape index (κ2) is 20.4. The standard InChI is InChI=1S/C24H27NO2.C18H15NO2/c1-19(2)12-6-5-11-17-27-24(26)22(18-25)23(20-13-7-3-8-14-20)21-15-9-4-10-16-21;1-2-21-18(20)16(13-19)17(14-9-5-3-6-10-14)15-11-7-4-8-12-15/h3-4,7-10,13-16,19H,5-6,11-12,17H2,1-2H3;3-12H,2H2,1H3. The molecule has 0 aliphatic carbocycles. The Bertz CT molecular complexity index is 1650. The lowest BCUT2D eigenvalue weighted by molar-refractivity contribution is -0.139. The van der Waals surface area contributed by atoms with Crippen molar-refractivity contribution in [2.24, 2.45) is 5.92 Å². The number of benzene rings is 4. The second-order valence-corrected chi connectivity index (χ2v) is 11.3. The molecule has 0 unspecified atom stereocenters. The number of hydrogen-bond acceptors (Lipinski definition) is 6. The first kappa shape index (κ1) is 36.7. The molecule has 0 aromatic heterocycles. The van der Waals surface area contributed by atoms with Crippen LogP contribution in [0.1, 0.15) is 68.7 Å². The maximum atomic E-state index is 12.6. The molecular weight excluding hydrogens is 596 g/mol. The molecule has 0 saturated heterocycles. The Kier molecular flexibility index (Phi) is 15.6. The number of carbonyl (C=O) groups is 2. The zero-order chi connectivity index (χ0) is 34.6. The van der Waals surface area contributed by atoms with Crippen molar-refractivity contribution in [1.82, 2.24) is 0 Å². The van der Waals surface area contributed by atoms with Gasteiger partial charge in [0.05, 0.1) is 13.2 Å². The third-order valence-corrected chi connectivity index (χ3v) is 7.32. The fraction of sp³-hybridized carbons (Fsp3) is 0.238. The van der Waals surface area contributed by atoms with Gasteiger partial charge >= 0.3 is 11.9 Å². The molecule has 6 nitrogen and oxygen atoms in total. The van der Waals surface area contributed by atoms with Gasteiger partial charge in [0.1, 0.15) is 23.3 Å². The predicted molar refractivity (Wildman–Crippen MR) is 190 cm³/mol. The van der Waals surface area contributed by atoms with Gasteiger partial charge in [-0.2, -0.15) is 10.5 Å². The molecule has 0 aliphatic heterocycles. The molecule has 0 aliphatic rings. The first-order valence-corrected chi connectivity index (χ1v) is 16.3. The Labute approximate surface area is 284 Å². The van der Waals surface area contributed by atoms with Crippen LogP contribution in [0.4, 0.5) is 0 Å². The zero-order valence-electron chi connectivity index (χ0n) is 27.9. The van der Waals surface area contributed by atoms with Crippen molar-refractivity contribution < 1.29 is 19.1 Å². The quantitative estimate of drug-likeness (QED) is 0.0626. The highest BCUT2D eigenvalue weighted by Crippen LogP contribution is 2.28. The normalized spacial score (nSPS) is 9.96. The summed E-state index contributed by atoms with van der Waals surface area (Å²) in [4.78, 5) is 24.7. The highest BCUT2D eigenvalue weighted by atomic mass is 16.5. The van der Waals surface area contributed by atoms with Gasteiger partial charge in [0, 0.05) is 11.1 Å². The molecule has 0 atom stereocenters. The molecule has 0 radical (unpaired) electrons. The molecule has 0 N–H and O–H groups in total. The van der Waals surface area contributed by atoms with Crippen molar-refractivity contribution in [2.75, 3.05) is 13.2 Å². The molecule has 4 aromatic carbocycles. The maximum Gasteiger partial charge on any atom is 0.349 e. The topological polar surface area (TPSA) is 100 Å². The average Bonchev–Trinajstić information content (AvgIpc) is 3.12. The van der Waals surface area contributed by atoms with Crippen LogP contribution in [0.15, 0.2) is 132 Å². The minimum Gasteiger partial charge on any atom is -0.462 e. The van der Waals surface area contributed by atoms with Gasteiger partial charge in [0.15, 0.2) is 0 Å². The third-order valence-electron chi connectivity index (χ3n) is 7.32. The fourth-order valence-corrected chi connectivity index (χ4v) is 5.01. The molecule has 4 rings (SSSR count). The number of unbranched alkanes of at least 4 members (excludes halogenated alkanes) is 2. The van der Waals surface area contributed by atoms with E-state index in [1.807, 2.05) is 127 Å². The molecule has 4 aromatic rings. The number of esters is 2. The molecule has 48 heavy (non-hydrogen) atoms. The van der Waals surface area contributed by atoms with Crippen LogP contribution in [0, 0.1) is 28.6 Å². The largest absolute Gasteiger partial charge is 0.462 e. The van der Waals surface area contributed by atoms with Crippen LogP contribution in [0.3, 0.4) is 0 Å². The minimum absolute atomic E-state index is 0.0225. The number of carbonyl (C=O) groups excluding carboxylic acids is 2. The summed E-state index contributed by atoms with van der Waals surface area (Å²) in [5.41, 5.74) is 4.56. The van der Waals surface area contributed by atoms with Crippen LogP contribution in [0.2, 0.25) is 0 Å². The van der Waals surface area contributed by atoms with Crippen molar-refractivity contribution >= 4 is 23.1 Å². The maximum absolute atomic E-state index is 12.6. The Morgan fingerprint density at radius 1 is 0.562 bits per heavy atom. The minimum atomic E-state index is -0.595. The summed E-state index contributed by atoms with van der Waals surface area (Å²) in [5, 5.41) is 19.1. The van der Waals surface area contributed by atoms with E-state index < -0.39 is 11.9 Å². The van der Waals surface area contributed by atoms with Crippen LogP contribution in [0.25, 0.3) is 11.1 Å². The second-order valence-electron chi connectivity index (χ2n) is 11.3. The molecule has 0 bridgehead atoms. The Morgan fingerprint density at radius 3 is 1.23 bits per heavy atom. The number of rotatable bonds is 13. The van der Waals surface area contributed by atoms with E-state index in [-0.39, 0.29) is 17.8 Å². The van der Waals surface area contributed by atoms with E-state index in [1.165, 1.54) is 6.42 Å². The molecule has 244 valence electrons. The van der Waals surface area contributed by atoms with Crippen molar-refractivity contribution in [3.63, 3.8) is 0 Å². The average molecular weight is 639 g/mol. The van der Waals surface area contributed by atoms with Gasteiger partial charge in [-0.15, -0.1) is 0 Å². The zero-order valence-corrected chi connectivity index (χ0v) is 27.9. The Morgan fingerprint density at radius 2 is 0.917 bits per heavy atom. The Hall–Kier alpha value is -5.72. The molecule has 0 amide bonds. The van der Waals surface area contributed by atoms with E-state index in [0.29, 0.717) is 23.7 Å². The van der Waals surface area contributed by atoms with Crippen molar-refractivity contribution in [3.05, 3.63) is 155 Å². The van der Waals surface area contributed by atoms with Gasteiger partial charge < -0.3 is 9.47 Å². The van der Waals surface area contributed by atoms with Gasteiger partial charge in [-0.25, -0.2) is 9.59 Å². The number of hydrogen-bond donors (Lipinski definition) is 0. The van der Waals surface area contributed by atoms with Crippen LogP contribution in [-0.2, 0) is 19.1 Å². The van der Waals surface area contributed by atoms with Crippen molar-refractivity contribution in [3.8, 4) is 12.1 Å². The summed E-state index contributed by atoms with van der Waals surface area (Å²) >= 11 is 0. The van der Waals surface area contributed by atoms with Crippen LogP contribution >= 0.6 is 0 Å². The number of nitriles is 2. The van der Waals surface area contributed by atoms with Gasteiger partial charge in [0.2, 0.25) is 0 Å². The van der Waals surface area contributed by atoms with E-state index in [2.05, 4.69) is 19.9 Å². The molecule has 0 spiro atoms. The monoisotopic (exact) mass is 638 g/mol. The summed E-state index contributed by atoms with van der Waals surface area (Å²) < 4.78 is 10.4. The lowest BCUT2D eigenvalue weighted by atomic mass is 9.93. The van der Waals surface area contributed by atoms with Crippen LogP contribution < -0.4 is 0 Å². The highest BCUT2D eigenvalue weighted by Gasteiger charge is 2.20. The van der Waals surface area contributed by atoms with Crippen molar-refractivity contribution in [1.29, 1.82) is 10.5 Å². The predicted octanol–water partition coefficient (Wildman–Crippen LogP) is 9.35. The van der Waals surface area contributed by atoms with Crippen LogP contribution in [-0.4, -0.2) is 25.2 Å². The molecule has 0 saturated carbocycles. The van der Waals surface area contributed by atoms with Crippen molar-refractivity contribution in [2.45, 2.75) is 46.5 Å². The number of nitrogens with zero attached hydrogens (tertiary/aromatic N) is 2. The van der Waals surface area contributed by atoms with E-state index in [0.717, 1.165) is 41.5 Å². The highest BCUT2D eigenvalue weighted by molar-refractivity contribution is 6.06. The molecule has 0 fully saturated rings. The van der Waals surface area contributed by atoms with E-state index in [9.17, 15) is 20.1 Å². The van der Waals surface area contributed by atoms with Crippen LogP contribution in [0.5, 0.6) is 0 Å². The Balaban J connectivity index is 0.000000269. The van der Waals surface area contributed by atoms with E-state index >= 15 is 0 Å². The van der Waals surface area contributed by atoms with Gasteiger partial charge in [-0.3, -0.25) is 0 Å². The molecule has 0 heterocycles. The van der Waals surface area contributed by atoms with Gasteiger partial charge in [-0.1, -0.05) is 154 Å².